The van der Waals surface area contributed by atoms with Gasteiger partial charge in [0.1, 0.15) is 0 Å². The third-order valence-corrected chi connectivity index (χ3v) is 5.29. The highest BCUT2D eigenvalue weighted by Gasteiger charge is 2.58. The lowest BCUT2D eigenvalue weighted by Crippen LogP contribution is -2.46. The van der Waals surface area contributed by atoms with E-state index in [-0.39, 0.29) is 5.54 Å². The highest BCUT2D eigenvalue weighted by molar-refractivity contribution is 5.09. The van der Waals surface area contributed by atoms with Crippen LogP contribution in [-0.4, -0.2) is 12.1 Å². The van der Waals surface area contributed by atoms with Crippen LogP contribution in [0, 0.1) is 16.7 Å². The highest BCUT2D eigenvalue weighted by Crippen LogP contribution is 2.65. The van der Waals surface area contributed by atoms with Crippen LogP contribution in [0.3, 0.4) is 0 Å². The minimum atomic E-state index is 0.269. The monoisotopic (exact) mass is 209 g/mol. The summed E-state index contributed by atoms with van der Waals surface area (Å²) in [7, 11) is 0. The molecule has 1 heteroatoms. The van der Waals surface area contributed by atoms with Crippen LogP contribution in [-0.2, 0) is 0 Å². The van der Waals surface area contributed by atoms with Gasteiger partial charge in [0.15, 0.2) is 0 Å². The first kappa shape index (κ1) is 11.4. The van der Waals surface area contributed by atoms with Crippen molar-refractivity contribution in [2.45, 2.75) is 65.8 Å². The standard InChI is InChI=1S/C14H27N/c1-12(2,3)15-10-14-8-6-11(7-9-14)13(14,4)5/h11,15H,6-10H2,1-5H3. The predicted molar refractivity (Wildman–Crippen MR) is 65.9 cm³/mol. The van der Waals surface area contributed by atoms with Crippen LogP contribution < -0.4 is 5.32 Å². The Labute approximate surface area is 95.0 Å². The van der Waals surface area contributed by atoms with Crippen molar-refractivity contribution >= 4 is 0 Å². The Morgan fingerprint density at radius 1 is 1.13 bits per heavy atom. The molecule has 1 nitrogen and oxygen atoms in total. The van der Waals surface area contributed by atoms with E-state index in [1.807, 2.05) is 0 Å². The maximum absolute atomic E-state index is 3.74. The molecule has 2 saturated carbocycles. The maximum Gasteiger partial charge on any atom is 0.00967 e. The summed E-state index contributed by atoms with van der Waals surface area (Å²) in [6.07, 6.45) is 5.85. The number of fused-ring (bicyclic) bond motifs is 2. The SMILES string of the molecule is CC(C)(C)NCC12CCC(CC1)C2(C)C. The summed E-state index contributed by atoms with van der Waals surface area (Å²) in [6, 6.07) is 0. The molecule has 2 aliphatic carbocycles. The van der Waals surface area contributed by atoms with E-state index in [0.29, 0.717) is 10.8 Å². The number of hydrogen-bond donors (Lipinski definition) is 1. The molecule has 88 valence electrons. The van der Waals surface area contributed by atoms with Crippen molar-refractivity contribution in [3.05, 3.63) is 0 Å². The molecule has 0 aromatic heterocycles. The fraction of sp³-hybridized carbons (Fsp3) is 1.00. The lowest BCUT2D eigenvalue weighted by atomic mass is 9.69. The quantitative estimate of drug-likeness (QED) is 0.733. The third-order valence-electron chi connectivity index (χ3n) is 5.29. The molecule has 0 aromatic rings. The van der Waals surface area contributed by atoms with E-state index >= 15 is 0 Å². The van der Waals surface area contributed by atoms with Gasteiger partial charge in [-0.3, -0.25) is 0 Å². The van der Waals surface area contributed by atoms with Gasteiger partial charge in [0.2, 0.25) is 0 Å². The van der Waals surface area contributed by atoms with Gasteiger partial charge in [-0.15, -0.1) is 0 Å². The Hall–Kier alpha value is -0.0400. The van der Waals surface area contributed by atoms with Gasteiger partial charge in [0.25, 0.3) is 0 Å². The van der Waals surface area contributed by atoms with Crippen molar-refractivity contribution in [3.8, 4) is 0 Å². The minimum Gasteiger partial charge on any atom is -0.311 e. The summed E-state index contributed by atoms with van der Waals surface area (Å²) in [5.74, 6) is 0.999. The van der Waals surface area contributed by atoms with Crippen LogP contribution >= 0.6 is 0 Å². The van der Waals surface area contributed by atoms with E-state index in [1.54, 1.807) is 0 Å². The van der Waals surface area contributed by atoms with Crippen LogP contribution in [0.1, 0.15) is 60.3 Å². The summed E-state index contributed by atoms with van der Waals surface area (Å²) in [4.78, 5) is 0. The van der Waals surface area contributed by atoms with Crippen molar-refractivity contribution in [2.75, 3.05) is 6.54 Å². The zero-order valence-electron chi connectivity index (χ0n) is 11.1. The molecular weight excluding hydrogens is 182 g/mol. The molecule has 0 aromatic carbocycles. The van der Waals surface area contributed by atoms with Gasteiger partial charge in [-0.2, -0.15) is 0 Å². The second kappa shape index (κ2) is 3.23. The Morgan fingerprint density at radius 3 is 2.00 bits per heavy atom. The van der Waals surface area contributed by atoms with E-state index in [0.717, 1.165) is 5.92 Å². The van der Waals surface area contributed by atoms with Crippen LogP contribution in [0.5, 0.6) is 0 Å². The Balaban J connectivity index is 2.07. The normalized spacial score (nSPS) is 38.6. The number of rotatable bonds is 2. The molecule has 1 N–H and O–H groups in total. The van der Waals surface area contributed by atoms with Crippen LogP contribution in [0.2, 0.25) is 0 Å². The van der Waals surface area contributed by atoms with Crippen molar-refractivity contribution in [1.29, 1.82) is 0 Å². The average Bonchev–Trinajstić information content (AvgIpc) is 2.50. The van der Waals surface area contributed by atoms with E-state index in [1.165, 1.54) is 32.2 Å². The Bertz CT molecular complexity index is 239. The second-order valence-corrected chi connectivity index (χ2v) is 7.38. The molecule has 0 aliphatic heterocycles. The van der Waals surface area contributed by atoms with E-state index < -0.39 is 0 Å². The second-order valence-electron chi connectivity index (χ2n) is 7.38. The molecule has 0 radical (unpaired) electrons. The smallest absolute Gasteiger partial charge is 0.00967 e. The summed E-state index contributed by atoms with van der Waals surface area (Å²) >= 11 is 0. The zero-order valence-corrected chi connectivity index (χ0v) is 11.1. The zero-order chi connectivity index (χ0) is 11.3. The Kier molecular flexibility index (Phi) is 2.46. The van der Waals surface area contributed by atoms with Gasteiger partial charge in [0.05, 0.1) is 0 Å². The molecule has 0 saturated heterocycles. The van der Waals surface area contributed by atoms with Gasteiger partial charge in [-0.25, -0.2) is 0 Å². The third kappa shape index (κ3) is 1.73. The number of nitrogens with one attached hydrogen (secondary N) is 1. The van der Waals surface area contributed by atoms with Crippen LogP contribution in [0.15, 0.2) is 0 Å². The van der Waals surface area contributed by atoms with Crippen molar-refractivity contribution in [3.63, 3.8) is 0 Å². The van der Waals surface area contributed by atoms with E-state index in [4.69, 9.17) is 0 Å². The molecule has 2 aliphatic rings. The van der Waals surface area contributed by atoms with Gasteiger partial charge in [-0.1, -0.05) is 13.8 Å². The van der Waals surface area contributed by atoms with Gasteiger partial charge >= 0.3 is 0 Å². The molecular formula is C14H27N. The summed E-state index contributed by atoms with van der Waals surface area (Å²) in [6.45, 7) is 13.1. The molecule has 0 heterocycles. The van der Waals surface area contributed by atoms with Crippen LogP contribution in [0.4, 0.5) is 0 Å². The highest BCUT2D eigenvalue weighted by atomic mass is 15.0. The van der Waals surface area contributed by atoms with Gasteiger partial charge in [0, 0.05) is 12.1 Å². The maximum atomic E-state index is 3.74. The molecule has 2 rings (SSSR count). The van der Waals surface area contributed by atoms with E-state index in [2.05, 4.69) is 39.9 Å². The van der Waals surface area contributed by atoms with Gasteiger partial charge < -0.3 is 5.32 Å². The molecule has 2 bridgehead atoms. The largest absolute Gasteiger partial charge is 0.311 e. The topological polar surface area (TPSA) is 12.0 Å². The summed E-state index contributed by atoms with van der Waals surface area (Å²) < 4.78 is 0. The molecule has 0 unspecified atom stereocenters. The average molecular weight is 209 g/mol. The van der Waals surface area contributed by atoms with Crippen molar-refractivity contribution < 1.29 is 0 Å². The Morgan fingerprint density at radius 2 is 1.67 bits per heavy atom. The van der Waals surface area contributed by atoms with Crippen LogP contribution in [0.25, 0.3) is 0 Å². The first-order chi connectivity index (χ1) is 6.77. The lowest BCUT2D eigenvalue weighted by molar-refractivity contribution is 0.115. The molecule has 0 spiro atoms. The minimum absolute atomic E-state index is 0.269. The molecule has 0 atom stereocenters. The summed E-state index contributed by atoms with van der Waals surface area (Å²) in [5, 5.41) is 3.74. The fourth-order valence-corrected chi connectivity index (χ4v) is 3.81. The summed E-state index contributed by atoms with van der Waals surface area (Å²) in [5.41, 5.74) is 1.45. The fourth-order valence-electron chi connectivity index (χ4n) is 3.81. The first-order valence-corrected chi connectivity index (χ1v) is 6.52. The number of hydrogen-bond acceptors (Lipinski definition) is 1. The first-order valence-electron chi connectivity index (χ1n) is 6.52. The molecule has 0 amide bonds. The van der Waals surface area contributed by atoms with Gasteiger partial charge in [-0.05, 0) is 63.2 Å². The van der Waals surface area contributed by atoms with E-state index in [9.17, 15) is 0 Å². The van der Waals surface area contributed by atoms with Crippen molar-refractivity contribution in [1.82, 2.24) is 5.32 Å². The lowest BCUT2D eigenvalue weighted by Gasteiger charge is -2.40. The predicted octanol–water partition coefficient (Wildman–Crippen LogP) is 3.59. The van der Waals surface area contributed by atoms with Crippen molar-refractivity contribution in [2.24, 2.45) is 16.7 Å². The molecule has 2 fully saturated rings. The molecule has 15 heavy (non-hydrogen) atoms.